The predicted molar refractivity (Wildman–Crippen MR) is 117 cm³/mol. The molecule has 0 atom stereocenters. The van der Waals surface area contributed by atoms with Gasteiger partial charge in [0.25, 0.3) is 0 Å². The van der Waals surface area contributed by atoms with Crippen molar-refractivity contribution in [3.63, 3.8) is 0 Å². The van der Waals surface area contributed by atoms with E-state index in [4.69, 9.17) is 0 Å². The summed E-state index contributed by atoms with van der Waals surface area (Å²) in [5, 5.41) is 20.9. The molecule has 5 rings (SSSR count). The molecular weight excluding hydrogens is 402 g/mol. The van der Waals surface area contributed by atoms with Crippen LogP contribution in [0.5, 0.6) is 0 Å². The van der Waals surface area contributed by atoms with E-state index in [2.05, 4.69) is 20.6 Å². The lowest BCUT2D eigenvalue weighted by molar-refractivity contribution is -0.113. The molecule has 0 saturated heterocycles. The number of carbonyl (C=O) groups excluding carboxylic acids is 1. The normalized spacial score (nSPS) is 11.2. The maximum atomic E-state index is 12.5. The average molecular weight is 418 g/mol. The van der Waals surface area contributed by atoms with Crippen molar-refractivity contribution in [1.29, 1.82) is 0 Å². The molecule has 0 radical (unpaired) electrons. The van der Waals surface area contributed by atoms with Crippen molar-refractivity contribution in [3.8, 4) is 10.7 Å². The minimum atomic E-state index is -0.0736. The Morgan fingerprint density at radius 1 is 1.00 bits per heavy atom. The van der Waals surface area contributed by atoms with Crippen molar-refractivity contribution >= 4 is 51.1 Å². The van der Waals surface area contributed by atoms with E-state index < -0.39 is 0 Å². The standard InChI is InChI=1S/C21H15N5OS2/c27-19(22-16-8-3-6-14-5-1-2-7-15(14)16)13-29-20-11-10-18-23-24-21(26(18)25-20)17-9-4-12-28-17/h1-12H,13H2,(H,22,27). The summed E-state index contributed by atoms with van der Waals surface area (Å²) in [6.07, 6.45) is 0. The predicted octanol–water partition coefficient (Wildman–Crippen LogP) is 4.74. The molecule has 3 aromatic heterocycles. The molecule has 0 unspecified atom stereocenters. The Bertz CT molecular complexity index is 1310. The number of nitrogens with one attached hydrogen (secondary N) is 1. The summed E-state index contributed by atoms with van der Waals surface area (Å²) in [4.78, 5) is 13.5. The van der Waals surface area contributed by atoms with Crippen molar-refractivity contribution in [2.24, 2.45) is 0 Å². The molecule has 0 aliphatic rings. The topological polar surface area (TPSA) is 72.2 Å². The first kappa shape index (κ1) is 17.8. The van der Waals surface area contributed by atoms with Gasteiger partial charge in [0.1, 0.15) is 5.03 Å². The molecule has 29 heavy (non-hydrogen) atoms. The molecule has 8 heteroatoms. The van der Waals surface area contributed by atoms with Crippen LogP contribution < -0.4 is 5.32 Å². The number of hydrogen-bond acceptors (Lipinski definition) is 6. The molecule has 5 aromatic rings. The molecule has 0 aliphatic carbocycles. The largest absolute Gasteiger partial charge is 0.325 e. The zero-order valence-electron chi connectivity index (χ0n) is 15.1. The van der Waals surface area contributed by atoms with E-state index in [1.165, 1.54) is 11.8 Å². The molecule has 1 amide bonds. The van der Waals surface area contributed by atoms with Gasteiger partial charge >= 0.3 is 0 Å². The van der Waals surface area contributed by atoms with E-state index in [0.717, 1.165) is 26.4 Å². The van der Waals surface area contributed by atoms with Crippen LogP contribution >= 0.6 is 23.1 Å². The zero-order chi connectivity index (χ0) is 19.6. The average Bonchev–Trinajstić information content (AvgIpc) is 3.42. The quantitative estimate of drug-likeness (QED) is 0.418. The fraction of sp³-hybridized carbons (Fsp3) is 0.0476. The fourth-order valence-electron chi connectivity index (χ4n) is 3.07. The van der Waals surface area contributed by atoms with Gasteiger partial charge in [-0.15, -0.1) is 21.5 Å². The van der Waals surface area contributed by atoms with Crippen LogP contribution in [-0.4, -0.2) is 31.5 Å². The van der Waals surface area contributed by atoms with Crippen LogP contribution in [0.4, 0.5) is 5.69 Å². The van der Waals surface area contributed by atoms with Gasteiger partial charge in [0.2, 0.25) is 5.91 Å². The van der Waals surface area contributed by atoms with Crippen LogP contribution in [0.3, 0.4) is 0 Å². The summed E-state index contributed by atoms with van der Waals surface area (Å²) in [7, 11) is 0. The molecule has 0 bridgehead atoms. The number of amides is 1. The van der Waals surface area contributed by atoms with Crippen molar-refractivity contribution in [1.82, 2.24) is 19.8 Å². The third kappa shape index (κ3) is 3.59. The first-order chi connectivity index (χ1) is 14.3. The Kier molecular flexibility index (Phi) is 4.71. The lowest BCUT2D eigenvalue weighted by atomic mass is 10.1. The second kappa shape index (κ2) is 7.65. The van der Waals surface area contributed by atoms with E-state index in [-0.39, 0.29) is 11.7 Å². The molecule has 6 nitrogen and oxygen atoms in total. The number of thioether (sulfide) groups is 1. The second-order valence-corrected chi connectivity index (χ2v) is 8.25. The summed E-state index contributed by atoms with van der Waals surface area (Å²) in [6, 6.07) is 21.6. The molecule has 0 spiro atoms. The van der Waals surface area contributed by atoms with E-state index in [1.807, 2.05) is 72.1 Å². The maximum absolute atomic E-state index is 12.5. The Labute approximate surface area is 174 Å². The Balaban J connectivity index is 1.32. The van der Waals surface area contributed by atoms with Gasteiger partial charge in [-0.25, -0.2) is 0 Å². The number of hydrogen-bond donors (Lipinski definition) is 1. The van der Waals surface area contributed by atoms with Crippen LogP contribution in [0.1, 0.15) is 0 Å². The molecule has 0 aliphatic heterocycles. The summed E-state index contributed by atoms with van der Waals surface area (Å²) < 4.78 is 1.72. The van der Waals surface area contributed by atoms with E-state index in [9.17, 15) is 4.79 Å². The van der Waals surface area contributed by atoms with Gasteiger partial charge in [-0.2, -0.15) is 9.61 Å². The molecule has 1 N–H and O–H groups in total. The first-order valence-corrected chi connectivity index (χ1v) is 10.8. The molecule has 3 heterocycles. The second-order valence-electron chi connectivity index (χ2n) is 6.31. The maximum Gasteiger partial charge on any atom is 0.234 e. The van der Waals surface area contributed by atoms with Crippen molar-refractivity contribution in [2.45, 2.75) is 5.03 Å². The van der Waals surface area contributed by atoms with Gasteiger partial charge in [-0.3, -0.25) is 4.79 Å². The Morgan fingerprint density at radius 3 is 2.79 bits per heavy atom. The van der Waals surface area contributed by atoms with Crippen molar-refractivity contribution < 1.29 is 4.79 Å². The number of thiophene rings is 1. The molecule has 142 valence electrons. The van der Waals surface area contributed by atoms with E-state index in [1.54, 1.807) is 15.9 Å². The van der Waals surface area contributed by atoms with Crippen molar-refractivity contribution in [2.75, 3.05) is 11.1 Å². The van der Waals surface area contributed by atoms with Crippen LogP contribution in [0.25, 0.3) is 27.1 Å². The molecule has 0 fully saturated rings. The Hall–Kier alpha value is -3.23. The minimum Gasteiger partial charge on any atom is -0.325 e. The first-order valence-electron chi connectivity index (χ1n) is 8.95. The summed E-state index contributed by atoms with van der Waals surface area (Å²) in [6.45, 7) is 0. The highest BCUT2D eigenvalue weighted by atomic mass is 32.2. The van der Waals surface area contributed by atoms with E-state index >= 15 is 0 Å². The van der Waals surface area contributed by atoms with Gasteiger partial charge in [0.05, 0.1) is 10.6 Å². The number of anilines is 1. The number of benzene rings is 2. The summed E-state index contributed by atoms with van der Waals surface area (Å²) in [5.74, 6) is 0.895. The lowest BCUT2D eigenvalue weighted by Crippen LogP contribution is -2.14. The number of aromatic nitrogens is 4. The zero-order valence-corrected chi connectivity index (χ0v) is 16.8. The van der Waals surface area contributed by atoms with Gasteiger partial charge in [-0.05, 0) is 35.0 Å². The number of nitrogens with zero attached hydrogens (tertiary/aromatic N) is 4. The smallest absolute Gasteiger partial charge is 0.234 e. The van der Waals surface area contributed by atoms with Crippen LogP contribution in [0.2, 0.25) is 0 Å². The number of carbonyl (C=O) groups is 1. The highest BCUT2D eigenvalue weighted by Gasteiger charge is 2.12. The number of fused-ring (bicyclic) bond motifs is 2. The molecule has 0 saturated carbocycles. The van der Waals surface area contributed by atoms with Gasteiger partial charge < -0.3 is 5.32 Å². The highest BCUT2D eigenvalue weighted by molar-refractivity contribution is 7.99. The summed E-state index contributed by atoms with van der Waals surface area (Å²) in [5.41, 5.74) is 1.49. The third-order valence-electron chi connectivity index (χ3n) is 4.39. The lowest BCUT2D eigenvalue weighted by Gasteiger charge is -2.08. The van der Waals surface area contributed by atoms with Gasteiger partial charge in [0.15, 0.2) is 11.5 Å². The molecular formula is C21H15N5OS2. The van der Waals surface area contributed by atoms with Crippen LogP contribution in [0.15, 0.2) is 77.1 Å². The third-order valence-corrected chi connectivity index (χ3v) is 6.18. The van der Waals surface area contributed by atoms with E-state index in [0.29, 0.717) is 11.5 Å². The minimum absolute atomic E-state index is 0.0736. The monoisotopic (exact) mass is 417 g/mol. The number of rotatable bonds is 5. The highest BCUT2D eigenvalue weighted by Crippen LogP contribution is 2.25. The van der Waals surface area contributed by atoms with Crippen molar-refractivity contribution in [3.05, 3.63) is 72.1 Å². The van der Waals surface area contributed by atoms with Crippen LogP contribution in [0, 0.1) is 0 Å². The van der Waals surface area contributed by atoms with Gasteiger partial charge in [0, 0.05) is 11.1 Å². The SMILES string of the molecule is O=C(CSc1ccc2nnc(-c3cccs3)n2n1)Nc1cccc2ccccc12. The Morgan fingerprint density at radius 2 is 1.90 bits per heavy atom. The molecule has 2 aromatic carbocycles. The van der Waals surface area contributed by atoms with Crippen LogP contribution in [-0.2, 0) is 4.79 Å². The fourth-order valence-corrected chi connectivity index (χ4v) is 4.42. The summed E-state index contributed by atoms with van der Waals surface area (Å²) >= 11 is 2.97. The van der Waals surface area contributed by atoms with Gasteiger partial charge in [-0.1, -0.05) is 54.2 Å².